The van der Waals surface area contributed by atoms with Crippen LogP contribution in [0.3, 0.4) is 0 Å². The number of benzene rings is 2. The molecule has 2 heterocycles. The van der Waals surface area contributed by atoms with Gasteiger partial charge < -0.3 is 74.7 Å². The Kier molecular flexibility index (Phi) is 26.4. The van der Waals surface area contributed by atoms with Gasteiger partial charge in [-0.3, -0.25) is 52.7 Å². The van der Waals surface area contributed by atoms with E-state index in [1.54, 1.807) is 102 Å². The first-order chi connectivity index (χ1) is 39.6. The highest BCUT2D eigenvalue weighted by atomic mass is 16.4. The molecule has 16 N–H and O–H groups in total. The third kappa shape index (κ3) is 21.9. The molecule has 10 atom stereocenters. The summed E-state index contributed by atoms with van der Waals surface area (Å²) in [5.74, 6) is -11.4. The third-order valence-corrected chi connectivity index (χ3v) is 13.7. The zero-order chi connectivity index (χ0) is 62.4. The maximum atomic E-state index is 14.8. The Morgan fingerprint density at radius 1 is 0.571 bits per heavy atom. The van der Waals surface area contributed by atoms with Crippen molar-refractivity contribution >= 4 is 70.9 Å². The van der Waals surface area contributed by atoms with Crippen LogP contribution in [0, 0.1) is 17.8 Å². The number of amides is 11. The minimum atomic E-state index is -1.71. The number of carboxylic acids is 1. The lowest BCUT2D eigenvalue weighted by Crippen LogP contribution is -2.61. The van der Waals surface area contributed by atoms with Gasteiger partial charge in [0, 0.05) is 32.0 Å². The van der Waals surface area contributed by atoms with Crippen LogP contribution in [0.5, 0.6) is 0 Å². The molecule has 27 heteroatoms. The number of carbonyl (C=O) groups is 12. The van der Waals surface area contributed by atoms with Crippen LogP contribution in [0.25, 0.3) is 0 Å². The van der Waals surface area contributed by atoms with Crippen molar-refractivity contribution in [2.75, 3.05) is 6.54 Å². The van der Waals surface area contributed by atoms with Gasteiger partial charge in [0.05, 0.1) is 30.9 Å². The number of nitrogens with zero attached hydrogens (tertiary/aromatic N) is 2. The predicted octanol–water partition coefficient (Wildman–Crippen LogP) is -1.76. The number of H-pyrrole nitrogens is 1. The zero-order valence-electron chi connectivity index (χ0n) is 48.5. The van der Waals surface area contributed by atoms with Crippen LogP contribution >= 0.6 is 0 Å². The number of rotatable bonds is 33. The van der Waals surface area contributed by atoms with E-state index in [-0.39, 0.29) is 56.9 Å². The minimum Gasteiger partial charge on any atom is -0.480 e. The van der Waals surface area contributed by atoms with Gasteiger partial charge in [0.2, 0.25) is 65.0 Å². The quantitative estimate of drug-likeness (QED) is 0.0321. The van der Waals surface area contributed by atoms with Gasteiger partial charge in [-0.1, -0.05) is 102 Å². The van der Waals surface area contributed by atoms with E-state index in [2.05, 4.69) is 52.5 Å². The van der Waals surface area contributed by atoms with Gasteiger partial charge >= 0.3 is 5.97 Å². The molecule has 1 aliphatic heterocycles. The fraction of sp³-hybridized carbons (Fsp3) is 0.526. The summed E-state index contributed by atoms with van der Waals surface area (Å²) in [5, 5.41) is 30.6. The van der Waals surface area contributed by atoms with E-state index in [4.69, 9.17) is 17.2 Å². The second-order valence-electron chi connectivity index (χ2n) is 22.2. The van der Waals surface area contributed by atoms with E-state index >= 15 is 0 Å². The SMILES string of the molecule is CC(C)C[C@H](NC(=O)[C@@H]1CCCN1C(=O)[C@H](C)NC(=O)[C@H](CC(N)=O)NC(=O)[C@H](Cc1ccccc1)NC(=O)[C@H](Cc1ccccc1)NC(=O)[C@H](Cc1c[nH]cn1)NC(=O)[C@H](CC(C)C)NC(=O)[C@@H](NC(=O)[C@@H](N)CC(N)=O)C(C)C)C(=O)O. The summed E-state index contributed by atoms with van der Waals surface area (Å²) in [6, 6.07) is 3.44. The molecule has 11 amide bonds. The second-order valence-corrected chi connectivity index (χ2v) is 22.2. The average Bonchev–Trinajstić information content (AvgIpc) is 4.34. The van der Waals surface area contributed by atoms with E-state index in [9.17, 15) is 62.6 Å². The third-order valence-electron chi connectivity index (χ3n) is 13.7. The van der Waals surface area contributed by atoms with Crippen LogP contribution in [-0.2, 0) is 76.8 Å². The molecule has 1 saturated heterocycles. The lowest BCUT2D eigenvalue weighted by atomic mass is 9.99. The average molecular weight is 1170 g/mol. The van der Waals surface area contributed by atoms with Crippen LogP contribution in [0.4, 0.5) is 0 Å². The summed E-state index contributed by atoms with van der Waals surface area (Å²) in [6.45, 7) is 11.9. The molecule has 27 nitrogen and oxygen atoms in total. The number of primary amides is 2. The van der Waals surface area contributed by atoms with Crippen LogP contribution in [0.2, 0.25) is 0 Å². The normalized spacial score (nSPS) is 16.3. The Bertz CT molecular complexity index is 2760. The number of aromatic amines is 1. The molecule has 84 heavy (non-hydrogen) atoms. The van der Waals surface area contributed by atoms with Crippen LogP contribution < -0.4 is 59.7 Å². The molecular formula is C57H82N14O13. The van der Waals surface area contributed by atoms with Crippen LogP contribution in [0.1, 0.15) is 104 Å². The second kappa shape index (κ2) is 32.8. The topological polar surface area (TPSA) is 431 Å². The number of imidazole rings is 1. The summed E-state index contributed by atoms with van der Waals surface area (Å²) in [7, 11) is 0. The summed E-state index contributed by atoms with van der Waals surface area (Å²) < 4.78 is 0. The number of aliphatic carboxylic acids is 1. The predicted molar refractivity (Wildman–Crippen MR) is 305 cm³/mol. The fourth-order valence-electron chi connectivity index (χ4n) is 9.40. The Morgan fingerprint density at radius 3 is 1.50 bits per heavy atom. The lowest BCUT2D eigenvalue weighted by molar-refractivity contribution is -0.145. The number of hydrogen-bond donors (Lipinski definition) is 13. The summed E-state index contributed by atoms with van der Waals surface area (Å²) in [4.78, 5) is 170. The smallest absolute Gasteiger partial charge is 0.326 e. The van der Waals surface area contributed by atoms with Crippen molar-refractivity contribution < 1.29 is 62.6 Å². The van der Waals surface area contributed by atoms with E-state index in [0.717, 1.165) is 0 Å². The van der Waals surface area contributed by atoms with Crippen LogP contribution in [0.15, 0.2) is 73.2 Å². The molecule has 0 spiro atoms. The van der Waals surface area contributed by atoms with Crippen molar-refractivity contribution in [2.45, 2.75) is 167 Å². The molecular weight excluding hydrogens is 1090 g/mol. The molecule has 0 bridgehead atoms. The first-order valence-electron chi connectivity index (χ1n) is 28.0. The largest absolute Gasteiger partial charge is 0.480 e. The first-order valence-corrected chi connectivity index (χ1v) is 28.0. The number of carboxylic acid groups (broad SMARTS) is 1. The summed E-state index contributed by atoms with van der Waals surface area (Å²) in [6.07, 6.45) is 1.87. The Morgan fingerprint density at radius 2 is 1.04 bits per heavy atom. The summed E-state index contributed by atoms with van der Waals surface area (Å²) >= 11 is 0. The molecule has 1 aliphatic rings. The Hall–Kier alpha value is -8.75. The molecule has 0 saturated carbocycles. The van der Waals surface area contributed by atoms with E-state index in [1.165, 1.54) is 24.3 Å². The molecule has 3 aromatic rings. The van der Waals surface area contributed by atoms with Crippen molar-refractivity contribution in [1.82, 2.24) is 57.4 Å². The van der Waals surface area contributed by atoms with Crippen molar-refractivity contribution in [3.05, 3.63) is 90.0 Å². The van der Waals surface area contributed by atoms with E-state index in [0.29, 0.717) is 23.2 Å². The molecule has 1 fully saturated rings. The Balaban J connectivity index is 1.61. The monoisotopic (exact) mass is 1170 g/mol. The molecule has 4 rings (SSSR count). The van der Waals surface area contributed by atoms with Gasteiger partial charge in [0.15, 0.2) is 0 Å². The van der Waals surface area contributed by atoms with Crippen molar-refractivity contribution in [3.8, 4) is 0 Å². The lowest BCUT2D eigenvalue weighted by Gasteiger charge is -2.29. The Labute approximate surface area is 487 Å². The van der Waals surface area contributed by atoms with Gasteiger partial charge in [-0.05, 0) is 61.5 Å². The highest BCUT2D eigenvalue weighted by Gasteiger charge is 2.40. The summed E-state index contributed by atoms with van der Waals surface area (Å²) in [5.41, 5.74) is 18.1. The highest BCUT2D eigenvalue weighted by molar-refractivity contribution is 6.00. The number of nitrogens with two attached hydrogens (primary N) is 3. The maximum absolute atomic E-state index is 14.8. The minimum absolute atomic E-state index is 0.0626. The standard InChI is InChI=1S/C57H82N14O13/c1-30(2)21-38(68-55(81)47(32(5)6)70-48(74)37(58)26-45(59)72)50(76)66-41(25-36-28-61-29-62-36)53(79)65-39(23-34-15-10-8-11-16-34)51(77)64-40(24-35-17-12-9-13-18-35)52(78)67-42(27-46(60)73)49(75)63-33(7)56(82)71-20-14-19-44(71)54(80)69-43(57(83)84)22-31(3)4/h8-13,15-18,28-33,37-44,47H,14,19-27,58H2,1-7H3,(H2,59,72)(H2,60,73)(H,61,62)(H,63,75)(H,64,77)(H,65,79)(H,66,76)(H,67,78)(H,68,81)(H,69,80)(H,70,74)(H,83,84)/t33-,37-,38-,39-,40-,41-,42-,43-,44-,47-/m0/s1. The van der Waals surface area contributed by atoms with Gasteiger partial charge in [-0.25, -0.2) is 9.78 Å². The molecule has 458 valence electrons. The number of hydrogen-bond acceptors (Lipinski definition) is 14. The van der Waals surface area contributed by atoms with E-state index in [1.807, 2.05) is 0 Å². The maximum Gasteiger partial charge on any atom is 0.326 e. The number of likely N-dealkylation sites (tertiary alicyclic amines) is 1. The molecule has 0 aliphatic carbocycles. The van der Waals surface area contributed by atoms with Gasteiger partial charge in [-0.15, -0.1) is 0 Å². The molecule has 1 aromatic heterocycles. The van der Waals surface area contributed by atoms with Crippen LogP contribution in [-0.4, -0.2) is 158 Å². The number of nitrogens with one attached hydrogen (secondary N) is 9. The van der Waals surface area contributed by atoms with Gasteiger partial charge in [0.1, 0.15) is 54.4 Å². The van der Waals surface area contributed by atoms with Crippen molar-refractivity contribution in [2.24, 2.45) is 35.0 Å². The van der Waals surface area contributed by atoms with Gasteiger partial charge in [-0.2, -0.15) is 0 Å². The highest BCUT2D eigenvalue weighted by Crippen LogP contribution is 2.20. The first kappa shape index (κ1) is 67.8. The molecule has 0 radical (unpaired) electrons. The molecule has 0 unspecified atom stereocenters. The van der Waals surface area contributed by atoms with Crippen molar-refractivity contribution in [3.63, 3.8) is 0 Å². The van der Waals surface area contributed by atoms with Gasteiger partial charge in [0.25, 0.3) is 0 Å². The number of aromatic nitrogens is 2. The van der Waals surface area contributed by atoms with E-state index < -0.39 is 150 Å². The van der Waals surface area contributed by atoms with Crippen molar-refractivity contribution in [1.29, 1.82) is 0 Å². The zero-order valence-corrected chi connectivity index (χ0v) is 48.5. The molecule has 2 aromatic carbocycles. The fourth-order valence-corrected chi connectivity index (χ4v) is 9.40. The number of carbonyl (C=O) groups excluding carboxylic acids is 11.